The lowest BCUT2D eigenvalue weighted by Gasteiger charge is -1.89. The molecule has 0 aliphatic carbocycles. The van der Waals surface area contributed by atoms with Crippen molar-refractivity contribution in [1.82, 2.24) is 0 Å². The zero-order chi connectivity index (χ0) is 10.8. The molecule has 14 heavy (non-hydrogen) atoms. The highest BCUT2D eigenvalue weighted by Crippen LogP contribution is 1.95. The second kappa shape index (κ2) is 7.98. The van der Waals surface area contributed by atoms with Crippen molar-refractivity contribution in [2.45, 2.75) is 13.3 Å². The Balaban J connectivity index is 3.98. The molecule has 0 aliphatic rings. The molecule has 0 saturated carbocycles. The van der Waals surface area contributed by atoms with Crippen LogP contribution in [0.3, 0.4) is 0 Å². The van der Waals surface area contributed by atoms with Crippen molar-refractivity contribution < 1.29 is 9.90 Å². The maximum absolute atomic E-state index is 10.1. The summed E-state index contributed by atoms with van der Waals surface area (Å²) in [7, 11) is 0. The van der Waals surface area contributed by atoms with E-state index in [2.05, 4.69) is 11.6 Å². The first-order valence-corrected chi connectivity index (χ1v) is 4.37. The zero-order valence-corrected chi connectivity index (χ0v) is 8.31. The predicted octanol–water partition coefficient (Wildman–Crippen LogP) is 2.22. The molecule has 0 aromatic heterocycles. The normalized spacial score (nSPS) is 12.5. The minimum absolute atomic E-state index is 0.0668. The van der Waals surface area contributed by atoms with Gasteiger partial charge in [-0.05, 0) is 18.6 Å². The molecular weight excluding hydrogens is 178 g/mol. The number of carbonyl (C=O) groups is 1. The summed E-state index contributed by atoms with van der Waals surface area (Å²) in [6, 6.07) is 0. The van der Waals surface area contributed by atoms with Gasteiger partial charge in [-0.3, -0.25) is 9.79 Å². The summed E-state index contributed by atoms with van der Waals surface area (Å²) in [5.74, 6) is -0.830. The van der Waals surface area contributed by atoms with Crippen LogP contribution in [0.1, 0.15) is 13.3 Å². The van der Waals surface area contributed by atoms with Gasteiger partial charge in [-0.1, -0.05) is 24.8 Å². The van der Waals surface area contributed by atoms with E-state index in [0.717, 1.165) is 5.57 Å². The van der Waals surface area contributed by atoms with Crippen LogP contribution in [-0.2, 0) is 4.79 Å². The fraction of sp³-hybridized carbons (Fsp3) is 0.273. The maximum atomic E-state index is 10.1. The standard InChI is InChI=1S/C11H15NO2/c1-3-5-10(4-2)6-8-12-9-7-11(13)14/h3-6,8H,2,7,9H2,1H3,(H,13,14)/b5-3+,10-6+,12-8?. The third kappa shape index (κ3) is 7.03. The summed E-state index contributed by atoms with van der Waals surface area (Å²) in [6.45, 7) is 5.86. The third-order valence-corrected chi connectivity index (χ3v) is 1.42. The van der Waals surface area contributed by atoms with Gasteiger partial charge in [-0.25, -0.2) is 0 Å². The highest BCUT2D eigenvalue weighted by Gasteiger charge is 1.91. The van der Waals surface area contributed by atoms with Crippen molar-refractivity contribution in [2.24, 2.45) is 4.99 Å². The number of hydrogen-bond acceptors (Lipinski definition) is 2. The number of aliphatic imine (C=N–C) groups is 1. The highest BCUT2D eigenvalue weighted by molar-refractivity contribution is 5.74. The van der Waals surface area contributed by atoms with Crippen LogP contribution >= 0.6 is 0 Å². The van der Waals surface area contributed by atoms with Crippen LogP contribution in [0, 0.1) is 0 Å². The summed E-state index contributed by atoms with van der Waals surface area (Å²) < 4.78 is 0. The Morgan fingerprint density at radius 1 is 1.57 bits per heavy atom. The van der Waals surface area contributed by atoms with Crippen molar-refractivity contribution in [2.75, 3.05) is 6.54 Å². The van der Waals surface area contributed by atoms with Gasteiger partial charge in [0.05, 0.1) is 6.42 Å². The van der Waals surface area contributed by atoms with E-state index in [9.17, 15) is 4.79 Å². The van der Waals surface area contributed by atoms with Crippen molar-refractivity contribution in [3.05, 3.63) is 36.5 Å². The van der Waals surface area contributed by atoms with Crippen LogP contribution in [0.2, 0.25) is 0 Å². The Bertz CT molecular complexity index is 275. The first-order chi connectivity index (χ1) is 6.70. The summed E-state index contributed by atoms with van der Waals surface area (Å²) in [4.78, 5) is 14.1. The Morgan fingerprint density at radius 3 is 2.79 bits per heavy atom. The minimum atomic E-state index is -0.830. The van der Waals surface area contributed by atoms with E-state index in [-0.39, 0.29) is 6.42 Å². The van der Waals surface area contributed by atoms with Gasteiger partial charge >= 0.3 is 5.97 Å². The molecule has 0 saturated heterocycles. The van der Waals surface area contributed by atoms with Gasteiger partial charge in [0.2, 0.25) is 0 Å². The molecule has 0 aromatic carbocycles. The molecule has 0 unspecified atom stereocenters. The number of carboxylic acid groups (broad SMARTS) is 1. The first kappa shape index (κ1) is 12.4. The van der Waals surface area contributed by atoms with Crippen molar-refractivity contribution in [3.8, 4) is 0 Å². The van der Waals surface area contributed by atoms with E-state index in [1.807, 2.05) is 19.1 Å². The van der Waals surface area contributed by atoms with Crippen molar-refractivity contribution in [3.63, 3.8) is 0 Å². The third-order valence-electron chi connectivity index (χ3n) is 1.42. The quantitative estimate of drug-likeness (QED) is 0.519. The van der Waals surface area contributed by atoms with E-state index in [4.69, 9.17) is 5.11 Å². The van der Waals surface area contributed by atoms with Gasteiger partial charge in [0.1, 0.15) is 0 Å². The molecule has 0 atom stereocenters. The number of aliphatic carboxylic acids is 1. The van der Waals surface area contributed by atoms with Gasteiger partial charge in [-0.2, -0.15) is 0 Å². The van der Waals surface area contributed by atoms with Gasteiger partial charge < -0.3 is 5.11 Å². The van der Waals surface area contributed by atoms with E-state index >= 15 is 0 Å². The highest BCUT2D eigenvalue weighted by atomic mass is 16.4. The fourth-order valence-corrected chi connectivity index (χ4v) is 0.758. The topological polar surface area (TPSA) is 49.7 Å². The Kier molecular flexibility index (Phi) is 7.05. The number of rotatable bonds is 6. The number of hydrogen-bond donors (Lipinski definition) is 1. The summed E-state index contributed by atoms with van der Waals surface area (Å²) in [5, 5.41) is 8.34. The van der Waals surface area contributed by atoms with E-state index in [0.29, 0.717) is 6.54 Å². The summed E-state index contributed by atoms with van der Waals surface area (Å²) in [6.07, 6.45) is 8.96. The van der Waals surface area contributed by atoms with Crippen LogP contribution < -0.4 is 0 Å². The second-order valence-corrected chi connectivity index (χ2v) is 2.57. The number of allylic oxidation sites excluding steroid dienone is 5. The van der Waals surface area contributed by atoms with Crippen LogP contribution in [0.15, 0.2) is 41.4 Å². The van der Waals surface area contributed by atoms with Crippen LogP contribution in [0.25, 0.3) is 0 Å². The molecule has 0 fully saturated rings. The van der Waals surface area contributed by atoms with Gasteiger partial charge in [0, 0.05) is 12.8 Å². The van der Waals surface area contributed by atoms with Crippen molar-refractivity contribution in [1.29, 1.82) is 0 Å². The molecule has 0 aromatic rings. The van der Waals surface area contributed by atoms with E-state index < -0.39 is 5.97 Å². The van der Waals surface area contributed by atoms with Crippen LogP contribution in [0.4, 0.5) is 0 Å². The summed E-state index contributed by atoms with van der Waals surface area (Å²) in [5.41, 5.74) is 0.951. The molecule has 0 heterocycles. The van der Waals surface area contributed by atoms with Crippen LogP contribution in [0.5, 0.6) is 0 Å². The lowest BCUT2D eigenvalue weighted by atomic mass is 10.2. The average molecular weight is 193 g/mol. The van der Waals surface area contributed by atoms with E-state index in [1.54, 1.807) is 18.4 Å². The Morgan fingerprint density at radius 2 is 2.29 bits per heavy atom. The van der Waals surface area contributed by atoms with E-state index in [1.165, 1.54) is 0 Å². The molecule has 0 amide bonds. The molecule has 3 heteroatoms. The Hall–Kier alpha value is -1.64. The zero-order valence-electron chi connectivity index (χ0n) is 8.31. The Labute approximate surface area is 84.2 Å². The number of nitrogens with zero attached hydrogens (tertiary/aromatic N) is 1. The van der Waals surface area contributed by atoms with Crippen LogP contribution in [-0.4, -0.2) is 23.8 Å². The maximum Gasteiger partial charge on any atom is 0.305 e. The molecule has 3 nitrogen and oxygen atoms in total. The fourth-order valence-electron chi connectivity index (χ4n) is 0.758. The molecule has 0 rings (SSSR count). The van der Waals surface area contributed by atoms with Gasteiger partial charge in [0.15, 0.2) is 0 Å². The lowest BCUT2D eigenvalue weighted by molar-refractivity contribution is -0.136. The molecule has 0 radical (unpaired) electrons. The van der Waals surface area contributed by atoms with Gasteiger partial charge in [0.25, 0.3) is 0 Å². The molecule has 0 aliphatic heterocycles. The summed E-state index contributed by atoms with van der Waals surface area (Å²) >= 11 is 0. The molecule has 76 valence electrons. The smallest absolute Gasteiger partial charge is 0.305 e. The SMILES string of the molecule is C=CC(/C=C/C)=C\C=NCCC(=O)O. The molecule has 0 bridgehead atoms. The van der Waals surface area contributed by atoms with Crippen molar-refractivity contribution >= 4 is 12.2 Å². The monoisotopic (exact) mass is 193 g/mol. The largest absolute Gasteiger partial charge is 0.481 e. The average Bonchev–Trinajstić information content (AvgIpc) is 2.15. The molecular formula is C11H15NO2. The minimum Gasteiger partial charge on any atom is -0.481 e. The second-order valence-electron chi connectivity index (χ2n) is 2.57. The number of carboxylic acids is 1. The first-order valence-electron chi connectivity index (χ1n) is 4.37. The van der Waals surface area contributed by atoms with Gasteiger partial charge in [-0.15, -0.1) is 0 Å². The lowest BCUT2D eigenvalue weighted by Crippen LogP contribution is -1.96. The molecule has 1 N–H and O–H groups in total. The molecule has 0 spiro atoms. The predicted molar refractivity (Wildman–Crippen MR) is 58.7 cm³/mol.